The van der Waals surface area contributed by atoms with E-state index in [0.29, 0.717) is 11.6 Å². The Bertz CT molecular complexity index is 1040. The van der Waals surface area contributed by atoms with E-state index in [2.05, 4.69) is 51.5 Å². The van der Waals surface area contributed by atoms with E-state index < -0.39 is 0 Å². The van der Waals surface area contributed by atoms with Crippen molar-refractivity contribution in [2.45, 2.75) is 46.3 Å². The van der Waals surface area contributed by atoms with Gasteiger partial charge >= 0.3 is 0 Å². The molecule has 1 saturated heterocycles. The average Bonchev–Trinajstić information content (AvgIpc) is 2.72. The molecule has 1 aromatic carbocycles. The van der Waals surface area contributed by atoms with Crippen molar-refractivity contribution >= 4 is 28.8 Å². The van der Waals surface area contributed by atoms with E-state index in [-0.39, 0.29) is 6.10 Å². The van der Waals surface area contributed by atoms with Crippen LogP contribution in [0.2, 0.25) is 5.02 Å². The van der Waals surface area contributed by atoms with Gasteiger partial charge in [0, 0.05) is 47.1 Å². The van der Waals surface area contributed by atoms with E-state index in [1.807, 2.05) is 26.0 Å². The van der Waals surface area contributed by atoms with Crippen LogP contribution in [-0.2, 0) is 11.3 Å². The van der Waals surface area contributed by atoms with Crippen LogP contribution in [0.5, 0.6) is 0 Å². The summed E-state index contributed by atoms with van der Waals surface area (Å²) in [5.74, 6) is 0.948. The lowest BCUT2D eigenvalue weighted by Crippen LogP contribution is -2.37. The van der Waals surface area contributed by atoms with E-state index >= 15 is 0 Å². The fourth-order valence-corrected chi connectivity index (χ4v) is 4.51. The van der Waals surface area contributed by atoms with Gasteiger partial charge in [-0.25, -0.2) is 4.99 Å². The molecule has 0 unspecified atom stereocenters. The number of anilines is 2. The number of aromatic nitrogens is 1. The number of allylic oxidation sites excluding steroid dienone is 2. The fraction of sp³-hybridized carbons (Fsp3) is 0.360. The van der Waals surface area contributed by atoms with Gasteiger partial charge in [0.25, 0.3) is 0 Å². The topological polar surface area (TPSA) is 41.0 Å². The van der Waals surface area contributed by atoms with Crippen LogP contribution in [-0.4, -0.2) is 30.0 Å². The molecule has 2 aliphatic rings. The van der Waals surface area contributed by atoms with Crippen molar-refractivity contribution in [3.63, 3.8) is 0 Å². The van der Waals surface area contributed by atoms with Gasteiger partial charge in [-0.1, -0.05) is 18.2 Å². The quantitative estimate of drug-likeness (QED) is 0.586. The number of pyridine rings is 1. The molecule has 31 heavy (non-hydrogen) atoms. The normalized spacial score (nSPS) is 17.6. The molecule has 1 aromatic heterocycles. The highest BCUT2D eigenvalue weighted by molar-refractivity contribution is 6.30. The Kier molecular flexibility index (Phi) is 6.44. The van der Waals surface area contributed by atoms with Crippen LogP contribution < -0.4 is 9.80 Å². The summed E-state index contributed by atoms with van der Waals surface area (Å²) in [4.78, 5) is 13.5. The molecule has 0 atom stereocenters. The van der Waals surface area contributed by atoms with Crippen molar-refractivity contribution in [3.05, 3.63) is 76.9 Å². The standard InChI is InChI=1S/C25H29ClN4O/c1-17-13-23(30-19(3)14-18(2)28-20(30)4)5-6-25(17)29-11-8-24(9-12-29)31-16-22-15-21(26)7-10-27-22/h5-7,10,13-15,24H,3,8-9,11-12,16H2,1-2,4H3. The summed E-state index contributed by atoms with van der Waals surface area (Å²) in [7, 11) is 0. The van der Waals surface area contributed by atoms with Crippen LogP contribution in [0.1, 0.15) is 37.9 Å². The molecule has 1 fully saturated rings. The van der Waals surface area contributed by atoms with Gasteiger partial charge in [0.2, 0.25) is 0 Å². The second-order valence-electron chi connectivity index (χ2n) is 8.21. The maximum absolute atomic E-state index is 6.09. The van der Waals surface area contributed by atoms with E-state index in [9.17, 15) is 0 Å². The molecule has 0 aliphatic carbocycles. The lowest BCUT2D eigenvalue weighted by molar-refractivity contribution is 0.0234. The molecular weight excluding hydrogens is 408 g/mol. The first-order valence-corrected chi connectivity index (χ1v) is 11.1. The second kappa shape index (κ2) is 9.25. The number of piperidine rings is 1. The van der Waals surface area contributed by atoms with Crippen LogP contribution in [0.3, 0.4) is 0 Å². The van der Waals surface area contributed by atoms with Gasteiger partial charge in [0.15, 0.2) is 0 Å². The summed E-state index contributed by atoms with van der Waals surface area (Å²) in [6.45, 7) is 12.9. The van der Waals surface area contributed by atoms with E-state index in [1.165, 1.54) is 11.3 Å². The van der Waals surface area contributed by atoms with Gasteiger partial charge in [0.1, 0.15) is 5.84 Å². The minimum atomic E-state index is 0.252. The number of aliphatic imine (C=N–C) groups is 1. The van der Waals surface area contributed by atoms with Crippen LogP contribution in [0.25, 0.3) is 0 Å². The van der Waals surface area contributed by atoms with Crippen LogP contribution >= 0.6 is 11.6 Å². The molecule has 5 nitrogen and oxygen atoms in total. The molecule has 162 valence electrons. The number of rotatable bonds is 5. The third kappa shape index (κ3) is 5.00. The summed E-state index contributed by atoms with van der Waals surface area (Å²) >= 11 is 6.03. The zero-order valence-corrected chi connectivity index (χ0v) is 19.2. The fourth-order valence-electron chi connectivity index (χ4n) is 4.33. The number of halogens is 1. The molecule has 0 amide bonds. The van der Waals surface area contributed by atoms with E-state index in [0.717, 1.165) is 54.5 Å². The highest BCUT2D eigenvalue weighted by atomic mass is 35.5. The Hall–Kier alpha value is -2.63. The summed E-state index contributed by atoms with van der Waals surface area (Å²) in [6, 6.07) is 10.2. The van der Waals surface area contributed by atoms with Crippen LogP contribution in [0, 0.1) is 6.92 Å². The van der Waals surface area contributed by atoms with Gasteiger partial charge in [-0.05, 0) is 75.6 Å². The first-order valence-electron chi connectivity index (χ1n) is 10.7. The zero-order chi connectivity index (χ0) is 22.0. The van der Waals surface area contributed by atoms with E-state index in [1.54, 1.807) is 12.3 Å². The maximum Gasteiger partial charge on any atom is 0.110 e. The van der Waals surface area contributed by atoms with Gasteiger partial charge in [-0.2, -0.15) is 0 Å². The molecule has 3 heterocycles. The summed E-state index contributed by atoms with van der Waals surface area (Å²) in [5.41, 5.74) is 6.45. The molecule has 0 spiro atoms. The molecule has 0 bridgehead atoms. The Balaban J connectivity index is 1.37. The third-order valence-corrected chi connectivity index (χ3v) is 6.03. The zero-order valence-electron chi connectivity index (χ0n) is 18.4. The molecular formula is C25H29ClN4O. The summed E-state index contributed by atoms with van der Waals surface area (Å²) in [6.07, 6.45) is 5.99. The van der Waals surface area contributed by atoms with Gasteiger partial charge in [0.05, 0.1) is 18.4 Å². The molecule has 0 radical (unpaired) electrons. The lowest BCUT2D eigenvalue weighted by Gasteiger charge is -2.35. The van der Waals surface area contributed by atoms with Crippen molar-refractivity contribution in [1.82, 2.24) is 4.98 Å². The lowest BCUT2D eigenvalue weighted by atomic mass is 10.0. The Morgan fingerprint density at radius 1 is 1.13 bits per heavy atom. The number of nitrogens with zero attached hydrogens (tertiary/aromatic N) is 4. The first kappa shape index (κ1) is 21.6. The molecule has 2 aliphatic heterocycles. The van der Waals surface area contributed by atoms with Crippen molar-refractivity contribution < 1.29 is 4.74 Å². The Labute approximate surface area is 189 Å². The third-order valence-electron chi connectivity index (χ3n) is 5.79. The van der Waals surface area contributed by atoms with Gasteiger partial charge < -0.3 is 9.64 Å². The largest absolute Gasteiger partial charge is 0.372 e. The first-order chi connectivity index (χ1) is 14.9. The van der Waals surface area contributed by atoms with Crippen molar-refractivity contribution in [3.8, 4) is 0 Å². The van der Waals surface area contributed by atoms with E-state index in [4.69, 9.17) is 16.3 Å². The van der Waals surface area contributed by atoms with Crippen LogP contribution in [0.4, 0.5) is 11.4 Å². The molecule has 2 aromatic rings. The predicted octanol–water partition coefficient (Wildman–Crippen LogP) is 5.88. The van der Waals surface area contributed by atoms with Crippen LogP contribution in [0.15, 0.2) is 65.6 Å². The van der Waals surface area contributed by atoms with Gasteiger partial charge in [-0.3, -0.25) is 9.88 Å². The van der Waals surface area contributed by atoms with Crippen molar-refractivity contribution in [2.24, 2.45) is 4.99 Å². The minimum Gasteiger partial charge on any atom is -0.372 e. The monoisotopic (exact) mass is 436 g/mol. The highest BCUT2D eigenvalue weighted by Gasteiger charge is 2.22. The maximum atomic E-state index is 6.09. The molecule has 4 rings (SSSR count). The summed E-state index contributed by atoms with van der Waals surface area (Å²) < 4.78 is 6.09. The number of hydrogen-bond acceptors (Lipinski definition) is 5. The number of hydrogen-bond donors (Lipinski definition) is 0. The molecule has 0 N–H and O–H groups in total. The SMILES string of the molecule is C=C1C=C(C)N=C(C)N1c1ccc(N2CCC(OCc3cc(Cl)ccn3)CC2)c(C)c1. The van der Waals surface area contributed by atoms with Crippen molar-refractivity contribution in [2.75, 3.05) is 22.9 Å². The second-order valence-corrected chi connectivity index (χ2v) is 8.64. The molecule has 0 saturated carbocycles. The minimum absolute atomic E-state index is 0.252. The smallest absolute Gasteiger partial charge is 0.110 e. The van der Waals surface area contributed by atoms with Gasteiger partial charge in [-0.15, -0.1) is 0 Å². The average molecular weight is 437 g/mol. The molecule has 6 heteroatoms. The Morgan fingerprint density at radius 3 is 2.58 bits per heavy atom. The number of benzene rings is 1. The Morgan fingerprint density at radius 2 is 1.90 bits per heavy atom. The summed E-state index contributed by atoms with van der Waals surface area (Å²) in [5, 5.41) is 0.697. The number of amidine groups is 1. The number of ether oxygens (including phenoxy) is 1. The highest BCUT2D eigenvalue weighted by Crippen LogP contribution is 2.31. The number of aryl methyl sites for hydroxylation is 1. The van der Waals surface area contributed by atoms with Crippen molar-refractivity contribution in [1.29, 1.82) is 0 Å². The predicted molar refractivity (Wildman–Crippen MR) is 129 cm³/mol.